The molecule has 4 bridgehead atoms. The molecule has 7 heteroatoms. The predicted molar refractivity (Wildman–Crippen MR) is 77.2 cm³/mol. The van der Waals surface area contributed by atoms with E-state index in [1.54, 1.807) is 0 Å². The molecule has 4 rings (SSSR count). The molecule has 2 unspecified atom stereocenters. The Labute approximate surface area is 139 Å². The molecule has 0 spiro atoms. The third-order valence-corrected chi connectivity index (χ3v) is 5.74. The third kappa shape index (κ3) is 2.91. The summed E-state index contributed by atoms with van der Waals surface area (Å²) in [6, 6.07) is 0. The highest BCUT2D eigenvalue weighted by Crippen LogP contribution is 2.63. The second-order valence-electron chi connectivity index (χ2n) is 7.60. The molecule has 24 heavy (non-hydrogen) atoms. The number of carbonyl (C=O) groups excluding carboxylic acids is 4. The Kier molecular flexibility index (Phi) is 4.13. The molecule has 0 aromatic heterocycles. The molecule has 132 valence electrons. The zero-order valence-corrected chi connectivity index (χ0v) is 13.7. The third-order valence-electron chi connectivity index (χ3n) is 5.74. The van der Waals surface area contributed by atoms with Gasteiger partial charge in [-0.2, -0.15) is 0 Å². The van der Waals surface area contributed by atoms with Gasteiger partial charge in [-0.3, -0.25) is 14.4 Å². The fourth-order valence-electron chi connectivity index (χ4n) is 5.36. The van der Waals surface area contributed by atoms with Crippen LogP contribution < -0.4 is 5.11 Å². The van der Waals surface area contributed by atoms with Gasteiger partial charge in [0.15, 0.2) is 5.78 Å². The van der Waals surface area contributed by atoms with Crippen molar-refractivity contribution in [2.24, 2.45) is 17.3 Å². The number of Topliss-reactive ketones (excluding diaryl/α,β-unsaturated/α-hetero) is 1. The maximum atomic E-state index is 12.3. The minimum atomic E-state index is -1.79. The van der Waals surface area contributed by atoms with Crippen LogP contribution in [0.2, 0.25) is 0 Å². The molecule has 7 nitrogen and oxygen atoms in total. The highest BCUT2D eigenvalue weighted by molar-refractivity contribution is 6.31. The van der Waals surface area contributed by atoms with Crippen LogP contribution in [0.15, 0.2) is 0 Å². The van der Waals surface area contributed by atoms with Gasteiger partial charge >= 0.3 is 11.9 Å². The number of hydrogen-bond acceptors (Lipinski definition) is 7. The predicted octanol–water partition coefficient (Wildman–Crippen LogP) is 0.141. The van der Waals surface area contributed by atoms with E-state index in [1.807, 2.05) is 0 Å². The van der Waals surface area contributed by atoms with E-state index < -0.39 is 35.2 Å². The lowest BCUT2D eigenvalue weighted by atomic mass is 9.48. The molecule has 2 atom stereocenters. The van der Waals surface area contributed by atoms with Crippen molar-refractivity contribution in [3.8, 4) is 0 Å². The highest BCUT2D eigenvalue weighted by Gasteiger charge is 2.62. The van der Waals surface area contributed by atoms with Gasteiger partial charge in [0.05, 0.1) is 18.9 Å². The lowest BCUT2D eigenvalue weighted by Crippen LogP contribution is -2.60. The zero-order chi connectivity index (χ0) is 17.5. The van der Waals surface area contributed by atoms with E-state index in [2.05, 4.69) is 0 Å². The SMILES string of the molecule is COC(=O)C12CC3CC(CC(OC(=O)CCC(=O)C(=O)[O-])(C3)C1)C2. The molecule has 0 aromatic carbocycles. The number of carboxylic acids is 1. The van der Waals surface area contributed by atoms with Gasteiger partial charge in [0.25, 0.3) is 0 Å². The average molecular weight is 337 g/mol. The molecular weight excluding hydrogens is 316 g/mol. The summed E-state index contributed by atoms with van der Waals surface area (Å²) >= 11 is 0. The first-order valence-corrected chi connectivity index (χ1v) is 8.32. The second-order valence-corrected chi connectivity index (χ2v) is 7.60. The number of ketones is 1. The highest BCUT2D eigenvalue weighted by atomic mass is 16.6. The van der Waals surface area contributed by atoms with Crippen LogP contribution in [0.1, 0.15) is 51.4 Å². The first-order chi connectivity index (χ1) is 11.3. The van der Waals surface area contributed by atoms with Crippen molar-refractivity contribution in [3.63, 3.8) is 0 Å². The second kappa shape index (κ2) is 5.86. The molecule has 4 fully saturated rings. The Hall–Kier alpha value is -1.92. The van der Waals surface area contributed by atoms with E-state index in [0.29, 0.717) is 18.3 Å². The Morgan fingerprint density at radius 1 is 1.04 bits per heavy atom. The summed E-state index contributed by atoms with van der Waals surface area (Å²) in [6.07, 6.45) is 3.80. The summed E-state index contributed by atoms with van der Waals surface area (Å²) in [4.78, 5) is 45.9. The van der Waals surface area contributed by atoms with Crippen molar-refractivity contribution in [1.29, 1.82) is 0 Å². The maximum Gasteiger partial charge on any atom is 0.311 e. The molecule has 0 amide bonds. The topological polar surface area (TPSA) is 110 Å². The first kappa shape index (κ1) is 16.9. The van der Waals surface area contributed by atoms with Crippen LogP contribution in [0.3, 0.4) is 0 Å². The van der Waals surface area contributed by atoms with Gasteiger partial charge in [-0.05, 0) is 43.9 Å². The number of aliphatic carboxylic acids is 1. The van der Waals surface area contributed by atoms with Gasteiger partial charge in [0.2, 0.25) is 0 Å². The Bertz CT molecular complexity index is 580. The van der Waals surface area contributed by atoms with Gasteiger partial charge in [0, 0.05) is 12.8 Å². The van der Waals surface area contributed by atoms with Gasteiger partial charge in [-0.25, -0.2) is 0 Å². The first-order valence-electron chi connectivity index (χ1n) is 8.32. The average Bonchev–Trinajstić information content (AvgIpc) is 2.49. The van der Waals surface area contributed by atoms with Crippen molar-refractivity contribution in [2.45, 2.75) is 57.0 Å². The van der Waals surface area contributed by atoms with Crippen molar-refractivity contribution in [3.05, 3.63) is 0 Å². The van der Waals surface area contributed by atoms with Gasteiger partial charge < -0.3 is 19.4 Å². The molecule has 0 aromatic rings. The molecule has 0 heterocycles. The number of esters is 2. The number of rotatable bonds is 6. The van der Waals surface area contributed by atoms with E-state index in [-0.39, 0.29) is 12.4 Å². The van der Waals surface area contributed by atoms with E-state index in [4.69, 9.17) is 9.47 Å². The minimum absolute atomic E-state index is 0.232. The fourth-order valence-corrected chi connectivity index (χ4v) is 5.36. The Morgan fingerprint density at radius 3 is 2.21 bits per heavy atom. The van der Waals surface area contributed by atoms with Crippen LogP contribution in [0.5, 0.6) is 0 Å². The number of methoxy groups -OCH3 is 1. The van der Waals surface area contributed by atoms with Crippen molar-refractivity contribution in [1.82, 2.24) is 0 Å². The quantitative estimate of drug-likeness (QED) is 0.501. The van der Waals surface area contributed by atoms with Crippen LogP contribution in [0.4, 0.5) is 0 Å². The maximum absolute atomic E-state index is 12.3. The van der Waals surface area contributed by atoms with Crippen LogP contribution >= 0.6 is 0 Å². The van der Waals surface area contributed by atoms with E-state index in [1.165, 1.54) is 7.11 Å². The summed E-state index contributed by atoms with van der Waals surface area (Å²) in [5.41, 5.74) is -1.25. The molecule has 0 N–H and O–H groups in total. The van der Waals surface area contributed by atoms with Crippen molar-refractivity contribution >= 4 is 23.7 Å². The van der Waals surface area contributed by atoms with Gasteiger partial charge in [-0.1, -0.05) is 0 Å². The summed E-state index contributed by atoms with van der Waals surface area (Å²) in [6.45, 7) is 0. The Morgan fingerprint density at radius 2 is 1.67 bits per heavy atom. The normalized spacial score (nSPS) is 36.2. The van der Waals surface area contributed by atoms with Crippen molar-refractivity contribution < 1.29 is 33.8 Å². The van der Waals surface area contributed by atoms with Crippen LogP contribution in [-0.4, -0.2) is 36.4 Å². The number of carbonyl (C=O) groups is 4. The lowest BCUT2D eigenvalue weighted by Gasteiger charge is -2.59. The summed E-state index contributed by atoms with van der Waals surface area (Å²) in [5, 5.41) is 10.4. The molecular formula is C17H21O7-. The van der Waals surface area contributed by atoms with E-state index in [9.17, 15) is 24.3 Å². The van der Waals surface area contributed by atoms with Crippen molar-refractivity contribution in [2.75, 3.05) is 7.11 Å². The van der Waals surface area contributed by atoms with Crippen LogP contribution in [0.25, 0.3) is 0 Å². The standard InChI is InChI=1S/C17H22O7/c1-23-15(22)16-5-10-4-11(6-16)8-17(7-10,9-16)24-13(19)3-2-12(18)14(20)21/h10-11H,2-9H2,1H3,(H,20,21)/p-1. The van der Waals surface area contributed by atoms with E-state index >= 15 is 0 Å². The molecule has 4 aliphatic carbocycles. The lowest BCUT2D eigenvalue weighted by molar-refractivity contribution is -0.300. The zero-order valence-electron chi connectivity index (χ0n) is 13.7. The smallest absolute Gasteiger partial charge is 0.311 e. The number of carboxylic acid groups (broad SMARTS) is 1. The number of hydrogen-bond donors (Lipinski definition) is 0. The Balaban J connectivity index is 1.69. The number of ether oxygens (including phenoxy) is 2. The summed E-state index contributed by atoms with van der Waals surface area (Å²) in [5.74, 6) is -3.05. The fraction of sp³-hybridized carbons (Fsp3) is 0.765. The van der Waals surface area contributed by atoms with Crippen LogP contribution in [-0.2, 0) is 28.7 Å². The summed E-state index contributed by atoms with van der Waals surface area (Å²) < 4.78 is 10.7. The largest absolute Gasteiger partial charge is 0.542 e. The molecule has 4 aliphatic rings. The van der Waals surface area contributed by atoms with Gasteiger partial charge in [0.1, 0.15) is 11.6 Å². The molecule has 0 aliphatic heterocycles. The monoisotopic (exact) mass is 337 g/mol. The molecule has 4 saturated carbocycles. The van der Waals surface area contributed by atoms with Crippen LogP contribution in [0, 0.1) is 17.3 Å². The van der Waals surface area contributed by atoms with E-state index in [0.717, 1.165) is 32.1 Å². The summed E-state index contributed by atoms with van der Waals surface area (Å²) in [7, 11) is 1.38. The molecule has 0 radical (unpaired) electrons. The van der Waals surface area contributed by atoms with Gasteiger partial charge in [-0.15, -0.1) is 0 Å². The minimum Gasteiger partial charge on any atom is -0.542 e. The molecule has 0 saturated heterocycles.